The summed E-state index contributed by atoms with van der Waals surface area (Å²) in [5.41, 5.74) is 1.94. The number of benzene rings is 2. The Morgan fingerprint density at radius 1 is 1.25 bits per heavy atom. The molecule has 1 radical (unpaired) electrons. The summed E-state index contributed by atoms with van der Waals surface area (Å²) in [7, 11) is 1.57. The minimum absolute atomic E-state index is 0.0285. The molecule has 1 aliphatic rings. The maximum atomic E-state index is 12.3. The van der Waals surface area contributed by atoms with E-state index in [-0.39, 0.29) is 12.1 Å². The lowest BCUT2D eigenvalue weighted by atomic mass is 9.89. The number of nitrogens with one attached hydrogen (secondary N) is 1. The van der Waals surface area contributed by atoms with Gasteiger partial charge in [-0.1, -0.05) is 18.2 Å². The second-order valence-electron chi connectivity index (χ2n) is 5.08. The summed E-state index contributed by atoms with van der Waals surface area (Å²) in [5, 5.41) is 12.2. The van der Waals surface area contributed by atoms with Gasteiger partial charge in [-0.15, -0.1) is 0 Å². The van der Waals surface area contributed by atoms with Crippen LogP contribution in [0.1, 0.15) is 11.1 Å². The first-order valence-electron chi connectivity index (χ1n) is 7.37. The molecule has 24 heavy (non-hydrogen) atoms. The van der Waals surface area contributed by atoms with Crippen molar-refractivity contribution in [1.29, 1.82) is 5.26 Å². The number of nitriles is 1. The molecule has 5 heteroatoms. The summed E-state index contributed by atoms with van der Waals surface area (Å²) in [6.45, 7) is 3.79. The van der Waals surface area contributed by atoms with Crippen LogP contribution in [0.15, 0.2) is 48.0 Å². The third kappa shape index (κ3) is 2.59. The summed E-state index contributed by atoms with van der Waals surface area (Å²) in [4.78, 5) is 12.3. The monoisotopic (exact) mass is 319 g/mol. The topological polar surface area (TPSA) is 71.4 Å². The van der Waals surface area contributed by atoms with E-state index in [1.165, 1.54) is 0 Å². The number of nitrogens with zero attached hydrogens (tertiary/aromatic N) is 1. The van der Waals surface area contributed by atoms with Crippen LogP contribution in [0, 0.1) is 18.3 Å². The Balaban J connectivity index is 2.29. The number of fused-ring (bicyclic) bond motifs is 2. The highest BCUT2D eigenvalue weighted by Gasteiger charge is 2.27. The van der Waals surface area contributed by atoms with E-state index >= 15 is 0 Å². The van der Waals surface area contributed by atoms with Gasteiger partial charge >= 0.3 is 0 Å². The Labute approximate surface area is 140 Å². The molecule has 2 aromatic rings. The van der Waals surface area contributed by atoms with Gasteiger partial charge in [-0.05, 0) is 25.1 Å². The number of hydrogen-bond donors (Lipinski definition) is 1. The van der Waals surface area contributed by atoms with Gasteiger partial charge in [-0.2, -0.15) is 5.26 Å². The maximum Gasteiger partial charge on any atom is 0.262 e. The molecule has 1 aliphatic heterocycles. The van der Waals surface area contributed by atoms with Crippen LogP contribution in [0.5, 0.6) is 17.2 Å². The molecule has 0 aliphatic carbocycles. The van der Waals surface area contributed by atoms with Gasteiger partial charge in [0, 0.05) is 29.3 Å². The van der Waals surface area contributed by atoms with E-state index in [1.807, 2.05) is 24.3 Å². The fraction of sp³-hybridized carbons (Fsp3) is 0.105. The van der Waals surface area contributed by atoms with Crippen LogP contribution >= 0.6 is 0 Å². The average molecular weight is 319 g/mol. The van der Waals surface area contributed by atoms with Crippen molar-refractivity contribution >= 4 is 11.5 Å². The number of ether oxygens (including phenoxy) is 2. The second-order valence-corrected chi connectivity index (χ2v) is 5.08. The Morgan fingerprint density at radius 2 is 2.00 bits per heavy atom. The smallest absolute Gasteiger partial charge is 0.262 e. The summed E-state index contributed by atoms with van der Waals surface area (Å²) >= 11 is 0. The van der Waals surface area contributed by atoms with Crippen molar-refractivity contribution in [3.05, 3.63) is 66.1 Å². The quantitative estimate of drug-likeness (QED) is 0.595. The van der Waals surface area contributed by atoms with Crippen LogP contribution < -0.4 is 14.8 Å². The summed E-state index contributed by atoms with van der Waals surface area (Å²) in [6, 6.07) is 14.6. The predicted octanol–water partition coefficient (Wildman–Crippen LogP) is 3.08. The van der Waals surface area contributed by atoms with Crippen molar-refractivity contribution in [2.24, 2.45) is 0 Å². The molecule has 0 unspecified atom stereocenters. The third-order valence-electron chi connectivity index (χ3n) is 3.71. The van der Waals surface area contributed by atoms with E-state index in [4.69, 9.17) is 9.47 Å². The molecule has 0 atom stereocenters. The van der Waals surface area contributed by atoms with Crippen LogP contribution in [0.4, 0.5) is 0 Å². The van der Waals surface area contributed by atoms with Crippen molar-refractivity contribution in [1.82, 2.24) is 5.32 Å². The SMILES string of the molecule is [CH2]CNC(=O)/C(C#N)=C1/c2ccccc2Oc2cc(OC)ccc21. The number of carbonyl (C=O) groups excluding carboxylic acids is 1. The lowest BCUT2D eigenvalue weighted by Gasteiger charge is -2.24. The number of methoxy groups -OCH3 is 1. The van der Waals surface area contributed by atoms with E-state index < -0.39 is 5.91 Å². The molecule has 2 aromatic carbocycles. The molecule has 0 aromatic heterocycles. The third-order valence-corrected chi connectivity index (χ3v) is 3.71. The largest absolute Gasteiger partial charge is 0.497 e. The van der Waals surface area contributed by atoms with Crippen LogP contribution in [0.3, 0.4) is 0 Å². The van der Waals surface area contributed by atoms with E-state index in [1.54, 1.807) is 31.4 Å². The van der Waals surface area contributed by atoms with Gasteiger partial charge in [0.2, 0.25) is 0 Å². The van der Waals surface area contributed by atoms with Crippen LogP contribution in [0.25, 0.3) is 5.57 Å². The molecule has 1 N–H and O–H groups in total. The van der Waals surface area contributed by atoms with Gasteiger partial charge in [0.1, 0.15) is 28.9 Å². The number of rotatable bonds is 3. The zero-order valence-corrected chi connectivity index (χ0v) is 13.1. The molecule has 3 rings (SSSR count). The normalized spacial score (nSPS) is 13.7. The first-order chi connectivity index (χ1) is 11.7. The first-order valence-corrected chi connectivity index (χ1v) is 7.37. The predicted molar refractivity (Wildman–Crippen MR) is 89.5 cm³/mol. The Hall–Kier alpha value is -3.26. The lowest BCUT2D eigenvalue weighted by molar-refractivity contribution is -0.116. The summed E-state index contributed by atoms with van der Waals surface area (Å²) in [6.07, 6.45) is 0. The molecule has 1 heterocycles. The van der Waals surface area contributed by atoms with E-state index in [0.29, 0.717) is 33.9 Å². The molecule has 5 nitrogen and oxygen atoms in total. The lowest BCUT2D eigenvalue weighted by Crippen LogP contribution is -2.25. The molecule has 0 saturated heterocycles. The highest BCUT2D eigenvalue weighted by atomic mass is 16.5. The van der Waals surface area contributed by atoms with Gasteiger partial charge in [-0.25, -0.2) is 0 Å². The van der Waals surface area contributed by atoms with Crippen molar-refractivity contribution in [2.45, 2.75) is 0 Å². The molecule has 0 spiro atoms. The number of carbonyl (C=O) groups is 1. The molecule has 119 valence electrons. The zero-order valence-electron chi connectivity index (χ0n) is 13.1. The Morgan fingerprint density at radius 3 is 2.71 bits per heavy atom. The van der Waals surface area contributed by atoms with Gasteiger partial charge in [0.25, 0.3) is 5.91 Å². The van der Waals surface area contributed by atoms with Gasteiger partial charge < -0.3 is 14.8 Å². The molecule has 0 saturated carbocycles. The maximum absolute atomic E-state index is 12.3. The van der Waals surface area contributed by atoms with Gasteiger partial charge in [0.05, 0.1) is 7.11 Å². The molecular formula is C19H15N2O3. The van der Waals surface area contributed by atoms with E-state index in [0.717, 1.165) is 0 Å². The molecule has 0 bridgehead atoms. The fourth-order valence-corrected chi connectivity index (χ4v) is 2.64. The highest BCUT2D eigenvalue weighted by molar-refractivity contribution is 6.09. The molecule has 1 amide bonds. The van der Waals surface area contributed by atoms with Gasteiger partial charge in [-0.3, -0.25) is 4.79 Å². The zero-order chi connectivity index (χ0) is 17.1. The van der Waals surface area contributed by atoms with Crippen LogP contribution in [0.2, 0.25) is 0 Å². The Bertz CT molecular complexity index is 878. The van der Waals surface area contributed by atoms with Crippen molar-refractivity contribution in [3.63, 3.8) is 0 Å². The molecule has 0 fully saturated rings. The van der Waals surface area contributed by atoms with Crippen molar-refractivity contribution < 1.29 is 14.3 Å². The fourth-order valence-electron chi connectivity index (χ4n) is 2.64. The van der Waals surface area contributed by atoms with Gasteiger partial charge in [0.15, 0.2) is 0 Å². The van der Waals surface area contributed by atoms with Crippen molar-refractivity contribution in [2.75, 3.05) is 13.7 Å². The molecular weight excluding hydrogens is 304 g/mol. The van der Waals surface area contributed by atoms with E-state index in [2.05, 4.69) is 12.2 Å². The number of para-hydroxylation sites is 1. The summed E-state index contributed by atoms with van der Waals surface area (Å²) < 4.78 is 11.1. The number of hydrogen-bond acceptors (Lipinski definition) is 4. The van der Waals surface area contributed by atoms with E-state index in [9.17, 15) is 10.1 Å². The first kappa shape index (κ1) is 15.6. The standard InChI is InChI=1S/C19H15N2O3/c1-3-21-19(22)15(11-20)18-13-6-4-5-7-16(13)24-17-10-12(23-2)8-9-14(17)18/h4-10H,1,3H2,2H3,(H,21,22)/b18-15-. The van der Waals surface area contributed by atoms with Crippen LogP contribution in [-0.2, 0) is 4.79 Å². The number of amides is 1. The minimum atomic E-state index is -0.457. The minimum Gasteiger partial charge on any atom is -0.497 e. The Kier molecular flexibility index (Phi) is 4.21. The highest BCUT2D eigenvalue weighted by Crippen LogP contribution is 2.45. The average Bonchev–Trinajstić information content (AvgIpc) is 2.61. The van der Waals surface area contributed by atoms with Crippen molar-refractivity contribution in [3.8, 4) is 23.3 Å². The van der Waals surface area contributed by atoms with Crippen LogP contribution in [-0.4, -0.2) is 19.6 Å². The summed E-state index contributed by atoms with van der Waals surface area (Å²) in [5.74, 6) is 1.30. The second kappa shape index (κ2) is 6.47.